The molecule has 0 aromatic heterocycles. The van der Waals surface area contributed by atoms with Crippen molar-refractivity contribution in [1.29, 1.82) is 0 Å². The third-order valence-corrected chi connectivity index (χ3v) is 4.76. The monoisotopic (exact) mass is 231 g/mol. The van der Waals surface area contributed by atoms with Gasteiger partial charge in [0.1, 0.15) is 0 Å². The van der Waals surface area contributed by atoms with Crippen molar-refractivity contribution >= 4 is 0 Å². The lowest BCUT2D eigenvalue weighted by Gasteiger charge is -2.58. The van der Waals surface area contributed by atoms with E-state index in [0.717, 1.165) is 19.8 Å². The number of benzene rings is 1. The first-order valence-electron chi connectivity index (χ1n) is 6.62. The fourth-order valence-electron chi connectivity index (χ4n) is 3.80. The van der Waals surface area contributed by atoms with Gasteiger partial charge < -0.3 is 10.5 Å². The van der Waals surface area contributed by atoms with E-state index in [0.29, 0.717) is 5.41 Å². The van der Waals surface area contributed by atoms with Gasteiger partial charge in [-0.05, 0) is 36.7 Å². The summed E-state index contributed by atoms with van der Waals surface area (Å²) in [5.74, 6) is 0. The molecule has 3 rings (SSSR count). The molecule has 1 aromatic rings. The fourth-order valence-corrected chi connectivity index (χ4v) is 3.80. The quantitative estimate of drug-likeness (QED) is 0.848. The fraction of sp³-hybridized carbons (Fsp3) is 0.600. The van der Waals surface area contributed by atoms with Gasteiger partial charge in [0, 0.05) is 25.2 Å². The van der Waals surface area contributed by atoms with E-state index in [1.807, 2.05) is 0 Å². The van der Waals surface area contributed by atoms with E-state index in [2.05, 4.69) is 30.3 Å². The van der Waals surface area contributed by atoms with Crippen molar-refractivity contribution in [1.82, 2.24) is 0 Å². The standard InChI is InChI=1S/C15H21NO/c16-12-15(13-4-2-1-3-5-13)10-14(11-15)6-8-17-9-7-14/h1-5H,6-12,16H2. The van der Waals surface area contributed by atoms with Gasteiger partial charge in [-0.2, -0.15) is 0 Å². The van der Waals surface area contributed by atoms with Crippen LogP contribution in [0.5, 0.6) is 0 Å². The van der Waals surface area contributed by atoms with Crippen LogP contribution in [0.4, 0.5) is 0 Å². The molecule has 17 heavy (non-hydrogen) atoms. The van der Waals surface area contributed by atoms with Gasteiger partial charge in [0.2, 0.25) is 0 Å². The van der Waals surface area contributed by atoms with Gasteiger partial charge in [-0.15, -0.1) is 0 Å². The van der Waals surface area contributed by atoms with E-state index in [1.165, 1.54) is 31.2 Å². The number of hydrogen-bond donors (Lipinski definition) is 1. The first-order valence-corrected chi connectivity index (χ1v) is 6.62. The van der Waals surface area contributed by atoms with Crippen LogP contribution < -0.4 is 5.73 Å². The molecule has 0 unspecified atom stereocenters. The number of ether oxygens (including phenoxy) is 1. The van der Waals surface area contributed by atoms with Crippen molar-refractivity contribution in [3.05, 3.63) is 35.9 Å². The summed E-state index contributed by atoms with van der Waals surface area (Å²) in [6.45, 7) is 2.66. The van der Waals surface area contributed by atoms with Crippen LogP contribution in [0.2, 0.25) is 0 Å². The molecule has 1 saturated carbocycles. The lowest BCUT2D eigenvalue weighted by atomic mass is 9.48. The third kappa shape index (κ3) is 1.80. The Labute approximate surface area is 103 Å². The van der Waals surface area contributed by atoms with Crippen molar-refractivity contribution in [3.63, 3.8) is 0 Å². The van der Waals surface area contributed by atoms with Gasteiger partial charge in [0.25, 0.3) is 0 Å². The van der Waals surface area contributed by atoms with Crippen LogP contribution in [-0.4, -0.2) is 19.8 Å². The Bertz CT molecular complexity index is 373. The molecule has 1 aliphatic carbocycles. The maximum Gasteiger partial charge on any atom is 0.0471 e. The highest BCUT2D eigenvalue weighted by Gasteiger charge is 2.54. The van der Waals surface area contributed by atoms with E-state index in [4.69, 9.17) is 10.5 Å². The zero-order chi connectivity index (χ0) is 11.8. The molecule has 0 atom stereocenters. The van der Waals surface area contributed by atoms with Crippen LogP contribution >= 0.6 is 0 Å². The molecule has 0 radical (unpaired) electrons. The van der Waals surface area contributed by atoms with Crippen LogP contribution in [0.25, 0.3) is 0 Å². The lowest BCUT2D eigenvalue weighted by molar-refractivity contribution is -0.0714. The Morgan fingerprint density at radius 2 is 1.71 bits per heavy atom. The summed E-state index contributed by atoms with van der Waals surface area (Å²) in [5, 5.41) is 0. The molecule has 2 nitrogen and oxygen atoms in total. The summed E-state index contributed by atoms with van der Waals surface area (Å²) in [6.07, 6.45) is 4.96. The smallest absolute Gasteiger partial charge is 0.0471 e. The molecular weight excluding hydrogens is 210 g/mol. The molecular formula is C15H21NO. The SMILES string of the molecule is NCC1(c2ccccc2)CC2(CCOCC2)C1. The summed E-state index contributed by atoms with van der Waals surface area (Å²) < 4.78 is 5.48. The molecule has 0 bridgehead atoms. The van der Waals surface area contributed by atoms with Crippen LogP contribution in [0.1, 0.15) is 31.2 Å². The number of rotatable bonds is 2. The molecule has 1 saturated heterocycles. The Balaban J connectivity index is 1.79. The molecule has 92 valence electrons. The maximum absolute atomic E-state index is 6.06. The summed E-state index contributed by atoms with van der Waals surface area (Å²) in [6, 6.07) is 10.8. The average Bonchev–Trinajstić information content (AvgIpc) is 2.37. The van der Waals surface area contributed by atoms with Crippen molar-refractivity contribution in [2.75, 3.05) is 19.8 Å². The third-order valence-electron chi connectivity index (χ3n) is 4.76. The molecule has 2 fully saturated rings. The minimum absolute atomic E-state index is 0.249. The lowest BCUT2D eigenvalue weighted by Crippen LogP contribution is -2.55. The topological polar surface area (TPSA) is 35.2 Å². The van der Waals surface area contributed by atoms with Crippen LogP contribution in [0.3, 0.4) is 0 Å². The Morgan fingerprint density at radius 3 is 2.29 bits per heavy atom. The first kappa shape index (κ1) is 11.2. The molecule has 1 aliphatic heterocycles. The Morgan fingerprint density at radius 1 is 1.06 bits per heavy atom. The number of hydrogen-bond acceptors (Lipinski definition) is 2. The summed E-state index contributed by atoms with van der Waals surface area (Å²) in [4.78, 5) is 0. The molecule has 0 amide bonds. The Hall–Kier alpha value is -0.860. The average molecular weight is 231 g/mol. The zero-order valence-electron chi connectivity index (χ0n) is 10.3. The highest BCUT2D eigenvalue weighted by atomic mass is 16.5. The van der Waals surface area contributed by atoms with Gasteiger partial charge in [0.15, 0.2) is 0 Å². The normalized spacial score (nSPS) is 25.5. The van der Waals surface area contributed by atoms with Gasteiger partial charge in [-0.25, -0.2) is 0 Å². The Kier molecular flexibility index (Phi) is 2.72. The molecule has 2 aliphatic rings. The van der Waals surface area contributed by atoms with Crippen molar-refractivity contribution in [2.24, 2.45) is 11.1 Å². The van der Waals surface area contributed by atoms with E-state index in [-0.39, 0.29) is 5.41 Å². The predicted octanol–water partition coefficient (Wildman–Crippen LogP) is 2.47. The first-order chi connectivity index (χ1) is 8.29. The van der Waals surface area contributed by atoms with E-state index >= 15 is 0 Å². The molecule has 1 spiro atoms. The minimum Gasteiger partial charge on any atom is -0.381 e. The number of nitrogens with two attached hydrogens (primary N) is 1. The zero-order valence-corrected chi connectivity index (χ0v) is 10.3. The van der Waals surface area contributed by atoms with E-state index in [1.54, 1.807) is 0 Å². The van der Waals surface area contributed by atoms with Gasteiger partial charge in [0.05, 0.1) is 0 Å². The highest BCUT2D eigenvalue weighted by molar-refractivity contribution is 5.31. The minimum atomic E-state index is 0.249. The van der Waals surface area contributed by atoms with E-state index < -0.39 is 0 Å². The van der Waals surface area contributed by atoms with Crippen molar-refractivity contribution in [3.8, 4) is 0 Å². The predicted molar refractivity (Wildman–Crippen MR) is 68.9 cm³/mol. The molecule has 1 aromatic carbocycles. The maximum atomic E-state index is 6.06. The summed E-state index contributed by atoms with van der Waals surface area (Å²) in [5.41, 5.74) is 8.27. The largest absolute Gasteiger partial charge is 0.381 e. The van der Waals surface area contributed by atoms with Crippen LogP contribution in [0.15, 0.2) is 30.3 Å². The molecule has 2 heteroatoms. The van der Waals surface area contributed by atoms with Crippen molar-refractivity contribution < 1.29 is 4.74 Å². The van der Waals surface area contributed by atoms with Gasteiger partial charge in [-0.3, -0.25) is 0 Å². The van der Waals surface area contributed by atoms with Crippen LogP contribution in [-0.2, 0) is 10.2 Å². The van der Waals surface area contributed by atoms with Crippen molar-refractivity contribution in [2.45, 2.75) is 31.1 Å². The van der Waals surface area contributed by atoms with Gasteiger partial charge >= 0.3 is 0 Å². The second kappa shape index (κ2) is 4.11. The molecule has 1 heterocycles. The molecule has 2 N–H and O–H groups in total. The second-order valence-corrected chi connectivity index (χ2v) is 5.82. The van der Waals surface area contributed by atoms with E-state index in [9.17, 15) is 0 Å². The van der Waals surface area contributed by atoms with Gasteiger partial charge in [-0.1, -0.05) is 30.3 Å². The van der Waals surface area contributed by atoms with Crippen LogP contribution in [0, 0.1) is 5.41 Å². The second-order valence-electron chi connectivity index (χ2n) is 5.82. The summed E-state index contributed by atoms with van der Waals surface area (Å²) in [7, 11) is 0. The highest BCUT2D eigenvalue weighted by Crippen LogP contribution is 2.59. The summed E-state index contributed by atoms with van der Waals surface area (Å²) >= 11 is 0.